The molecule has 0 bridgehead atoms. The Bertz CT molecular complexity index is 939. The summed E-state index contributed by atoms with van der Waals surface area (Å²) in [5, 5.41) is 2.82. The minimum absolute atomic E-state index is 0.0112. The predicted octanol–water partition coefficient (Wildman–Crippen LogP) is 2.79. The molecule has 0 spiro atoms. The first kappa shape index (κ1) is 21.5. The molecule has 0 aliphatic carbocycles. The van der Waals surface area contributed by atoms with Gasteiger partial charge >= 0.3 is 0 Å². The zero-order valence-electron chi connectivity index (χ0n) is 16.9. The van der Waals surface area contributed by atoms with Crippen LogP contribution < -0.4 is 5.32 Å². The Balaban J connectivity index is 1.81. The number of carbonyl (C=O) groups is 1. The number of nitrogens with one attached hydrogen (secondary N) is 1. The standard InChI is InChI=1S/C22H28N2O4S/c1-17-10-11-18(2)21(13-17)29(26,27)24(15-19-7-4-3-5-8-19)16-22(25)23-14-20-9-6-12-28-20/h3-5,7-8,10-11,13,20H,6,9,12,14-16H2,1-2H3,(H,23,25)/t20-/m0/s1. The van der Waals surface area contributed by atoms with Crippen molar-refractivity contribution in [2.24, 2.45) is 0 Å². The molecule has 1 atom stereocenters. The second kappa shape index (κ2) is 9.52. The molecule has 0 radical (unpaired) electrons. The van der Waals surface area contributed by atoms with Gasteiger partial charge in [-0.2, -0.15) is 4.31 Å². The van der Waals surface area contributed by atoms with Crippen molar-refractivity contribution >= 4 is 15.9 Å². The van der Waals surface area contributed by atoms with Gasteiger partial charge in [-0.25, -0.2) is 8.42 Å². The molecular formula is C22H28N2O4S. The summed E-state index contributed by atoms with van der Waals surface area (Å²) >= 11 is 0. The highest BCUT2D eigenvalue weighted by molar-refractivity contribution is 7.89. The van der Waals surface area contributed by atoms with Gasteiger partial charge in [-0.15, -0.1) is 0 Å². The summed E-state index contributed by atoms with van der Waals surface area (Å²) in [4.78, 5) is 12.8. The molecule has 1 aliphatic rings. The maximum atomic E-state index is 13.4. The number of aryl methyl sites for hydroxylation is 2. The van der Waals surface area contributed by atoms with Crippen LogP contribution in [0.25, 0.3) is 0 Å². The molecule has 1 heterocycles. The van der Waals surface area contributed by atoms with E-state index in [0.29, 0.717) is 18.7 Å². The molecule has 0 unspecified atom stereocenters. The van der Waals surface area contributed by atoms with Crippen molar-refractivity contribution in [2.45, 2.75) is 44.2 Å². The first-order valence-electron chi connectivity index (χ1n) is 9.86. The molecule has 1 amide bonds. The van der Waals surface area contributed by atoms with Gasteiger partial charge in [-0.1, -0.05) is 42.5 Å². The fourth-order valence-electron chi connectivity index (χ4n) is 3.39. The fourth-order valence-corrected chi connectivity index (χ4v) is 5.08. The van der Waals surface area contributed by atoms with Crippen LogP contribution in [-0.2, 0) is 26.1 Å². The lowest BCUT2D eigenvalue weighted by Crippen LogP contribution is -2.42. The Kier molecular flexibility index (Phi) is 7.05. The van der Waals surface area contributed by atoms with E-state index in [1.54, 1.807) is 19.1 Å². The maximum Gasteiger partial charge on any atom is 0.244 e. The summed E-state index contributed by atoms with van der Waals surface area (Å²) in [7, 11) is -3.84. The molecule has 7 heteroatoms. The number of hydrogen-bond acceptors (Lipinski definition) is 4. The SMILES string of the molecule is Cc1ccc(C)c(S(=O)(=O)N(CC(=O)NC[C@@H]2CCCO2)Cc2ccccc2)c1. The number of nitrogens with zero attached hydrogens (tertiary/aromatic N) is 1. The Morgan fingerprint density at radius 2 is 1.93 bits per heavy atom. The highest BCUT2D eigenvalue weighted by atomic mass is 32.2. The molecule has 1 fully saturated rings. The molecule has 3 rings (SSSR count). The van der Waals surface area contributed by atoms with Crippen LogP contribution in [0.15, 0.2) is 53.4 Å². The van der Waals surface area contributed by atoms with Crippen molar-refractivity contribution in [1.29, 1.82) is 0 Å². The van der Waals surface area contributed by atoms with Crippen LogP contribution in [0.4, 0.5) is 0 Å². The van der Waals surface area contributed by atoms with Crippen molar-refractivity contribution in [1.82, 2.24) is 9.62 Å². The van der Waals surface area contributed by atoms with Crippen LogP contribution in [0.3, 0.4) is 0 Å². The Morgan fingerprint density at radius 1 is 1.17 bits per heavy atom. The van der Waals surface area contributed by atoms with Crippen LogP contribution >= 0.6 is 0 Å². The van der Waals surface area contributed by atoms with Gasteiger partial charge in [0.1, 0.15) is 0 Å². The van der Waals surface area contributed by atoms with Crippen molar-refractivity contribution in [2.75, 3.05) is 19.7 Å². The van der Waals surface area contributed by atoms with Gasteiger partial charge < -0.3 is 10.1 Å². The van der Waals surface area contributed by atoms with E-state index in [1.165, 1.54) is 4.31 Å². The second-order valence-corrected chi connectivity index (χ2v) is 9.37. The van der Waals surface area contributed by atoms with Gasteiger partial charge in [0.25, 0.3) is 0 Å². The molecule has 156 valence electrons. The third kappa shape index (κ3) is 5.65. The van der Waals surface area contributed by atoms with Gasteiger partial charge in [0.05, 0.1) is 17.5 Å². The number of ether oxygens (including phenoxy) is 1. The van der Waals surface area contributed by atoms with E-state index in [0.717, 1.165) is 24.0 Å². The molecular weight excluding hydrogens is 388 g/mol. The number of sulfonamides is 1. The molecule has 29 heavy (non-hydrogen) atoms. The molecule has 1 saturated heterocycles. The van der Waals surface area contributed by atoms with Crippen LogP contribution in [0, 0.1) is 13.8 Å². The van der Waals surface area contributed by atoms with Gasteiger partial charge in [0, 0.05) is 19.7 Å². The van der Waals surface area contributed by atoms with Crippen LogP contribution in [0.1, 0.15) is 29.5 Å². The number of hydrogen-bond donors (Lipinski definition) is 1. The summed E-state index contributed by atoms with van der Waals surface area (Å²) in [5.41, 5.74) is 2.35. The van der Waals surface area contributed by atoms with E-state index in [2.05, 4.69) is 5.32 Å². The highest BCUT2D eigenvalue weighted by Gasteiger charge is 2.28. The quantitative estimate of drug-likeness (QED) is 0.718. The molecule has 1 aliphatic heterocycles. The van der Waals surface area contributed by atoms with Crippen molar-refractivity contribution in [3.63, 3.8) is 0 Å². The molecule has 2 aromatic carbocycles. The fraction of sp³-hybridized carbons (Fsp3) is 0.409. The van der Waals surface area contributed by atoms with Crippen LogP contribution in [0.2, 0.25) is 0 Å². The smallest absolute Gasteiger partial charge is 0.244 e. The normalized spacial score (nSPS) is 16.9. The summed E-state index contributed by atoms with van der Waals surface area (Å²) in [6, 6.07) is 14.6. The van der Waals surface area contributed by atoms with E-state index in [9.17, 15) is 13.2 Å². The van der Waals surface area contributed by atoms with Crippen molar-refractivity contribution < 1.29 is 17.9 Å². The lowest BCUT2D eigenvalue weighted by atomic mass is 10.2. The minimum atomic E-state index is -3.84. The largest absolute Gasteiger partial charge is 0.376 e. The molecule has 0 saturated carbocycles. The number of carbonyl (C=O) groups excluding carboxylic acids is 1. The monoisotopic (exact) mass is 416 g/mol. The number of rotatable bonds is 8. The number of benzene rings is 2. The lowest BCUT2D eigenvalue weighted by Gasteiger charge is -2.23. The Hall–Kier alpha value is -2.22. The average molecular weight is 417 g/mol. The zero-order chi connectivity index (χ0) is 20.9. The van der Waals surface area contributed by atoms with Crippen LogP contribution in [0.5, 0.6) is 0 Å². The third-order valence-electron chi connectivity index (χ3n) is 5.03. The van der Waals surface area contributed by atoms with E-state index in [1.807, 2.05) is 43.3 Å². The summed E-state index contributed by atoms with van der Waals surface area (Å²) in [6.07, 6.45) is 1.91. The molecule has 6 nitrogen and oxygen atoms in total. The summed E-state index contributed by atoms with van der Waals surface area (Å²) in [5.74, 6) is -0.328. The maximum absolute atomic E-state index is 13.4. The van der Waals surface area contributed by atoms with Gasteiger partial charge in [-0.05, 0) is 49.4 Å². The van der Waals surface area contributed by atoms with E-state index < -0.39 is 10.0 Å². The average Bonchev–Trinajstić information content (AvgIpc) is 3.22. The number of amides is 1. The zero-order valence-corrected chi connectivity index (χ0v) is 17.7. The van der Waals surface area contributed by atoms with Gasteiger partial charge in [0.15, 0.2) is 0 Å². The first-order chi connectivity index (χ1) is 13.9. The minimum Gasteiger partial charge on any atom is -0.376 e. The van der Waals surface area contributed by atoms with E-state index in [-0.39, 0.29) is 30.0 Å². The van der Waals surface area contributed by atoms with Crippen molar-refractivity contribution in [3.05, 3.63) is 65.2 Å². The topological polar surface area (TPSA) is 75.7 Å². The lowest BCUT2D eigenvalue weighted by molar-refractivity contribution is -0.121. The van der Waals surface area contributed by atoms with Gasteiger partial charge in [-0.3, -0.25) is 4.79 Å². The summed E-state index contributed by atoms with van der Waals surface area (Å²) in [6.45, 7) is 4.63. The Morgan fingerprint density at radius 3 is 2.62 bits per heavy atom. The second-order valence-electron chi connectivity index (χ2n) is 7.47. The first-order valence-corrected chi connectivity index (χ1v) is 11.3. The predicted molar refractivity (Wildman–Crippen MR) is 112 cm³/mol. The molecule has 1 N–H and O–H groups in total. The third-order valence-corrected chi connectivity index (χ3v) is 6.97. The van der Waals surface area contributed by atoms with Crippen molar-refractivity contribution in [3.8, 4) is 0 Å². The van der Waals surface area contributed by atoms with E-state index in [4.69, 9.17) is 4.74 Å². The molecule has 2 aromatic rings. The van der Waals surface area contributed by atoms with E-state index >= 15 is 0 Å². The van der Waals surface area contributed by atoms with Crippen LogP contribution in [-0.4, -0.2) is 44.4 Å². The van der Waals surface area contributed by atoms with Gasteiger partial charge in [0.2, 0.25) is 15.9 Å². The Labute approximate surface area is 172 Å². The highest BCUT2D eigenvalue weighted by Crippen LogP contribution is 2.23. The summed E-state index contributed by atoms with van der Waals surface area (Å²) < 4.78 is 33.6. The molecule has 0 aromatic heterocycles.